The third kappa shape index (κ3) is 3.28. The van der Waals surface area contributed by atoms with Crippen LogP contribution < -0.4 is 9.64 Å². The minimum Gasteiger partial charge on any atom is -0.477 e. The van der Waals surface area contributed by atoms with Gasteiger partial charge >= 0.3 is 0 Å². The zero-order valence-corrected chi connectivity index (χ0v) is 13.2. The molecule has 2 saturated heterocycles. The zero-order valence-electron chi connectivity index (χ0n) is 13.2. The number of hydrogen-bond acceptors (Lipinski definition) is 5. The molecule has 3 rings (SSSR count). The number of rotatable bonds is 4. The van der Waals surface area contributed by atoms with E-state index in [2.05, 4.69) is 26.7 Å². The van der Waals surface area contributed by atoms with E-state index in [0.29, 0.717) is 12.5 Å². The Morgan fingerprint density at radius 2 is 2.00 bits per heavy atom. The van der Waals surface area contributed by atoms with Gasteiger partial charge in [-0.2, -0.15) is 4.98 Å². The predicted molar refractivity (Wildman–Crippen MR) is 83.8 cm³/mol. The fourth-order valence-electron chi connectivity index (χ4n) is 3.63. The van der Waals surface area contributed by atoms with Crippen molar-refractivity contribution in [1.82, 2.24) is 14.9 Å². The summed E-state index contributed by atoms with van der Waals surface area (Å²) in [5.41, 5.74) is 0. The van der Waals surface area contributed by atoms with Gasteiger partial charge in [-0.15, -0.1) is 0 Å². The van der Waals surface area contributed by atoms with Crippen LogP contribution in [0.4, 0.5) is 5.82 Å². The number of likely N-dealkylation sites (tertiary alicyclic amines) is 1. The normalized spacial score (nSPS) is 24.5. The van der Waals surface area contributed by atoms with Crippen LogP contribution in [0.5, 0.6) is 5.88 Å². The van der Waals surface area contributed by atoms with E-state index in [1.54, 1.807) is 6.20 Å². The minimum atomic E-state index is 0.630. The average molecular weight is 290 g/mol. The van der Waals surface area contributed by atoms with Crippen molar-refractivity contribution in [1.29, 1.82) is 0 Å². The SMILES string of the molecule is CCOc1cncc(N2CCC(N3CCCC3C)CC2)n1. The lowest BCUT2D eigenvalue weighted by atomic mass is 10.0. The molecule has 2 aliphatic rings. The molecule has 0 amide bonds. The Labute approximate surface area is 127 Å². The molecule has 0 N–H and O–H groups in total. The summed E-state index contributed by atoms with van der Waals surface area (Å²) in [6.07, 6.45) is 8.72. The van der Waals surface area contributed by atoms with Crippen LogP contribution in [0.2, 0.25) is 0 Å². The van der Waals surface area contributed by atoms with Crippen molar-refractivity contribution in [2.45, 2.75) is 51.6 Å². The van der Waals surface area contributed by atoms with E-state index in [0.717, 1.165) is 31.0 Å². The van der Waals surface area contributed by atoms with E-state index in [1.165, 1.54) is 32.2 Å². The Morgan fingerprint density at radius 3 is 2.67 bits per heavy atom. The van der Waals surface area contributed by atoms with E-state index in [-0.39, 0.29) is 0 Å². The van der Waals surface area contributed by atoms with Gasteiger partial charge in [0.15, 0.2) is 5.82 Å². The van der Waals surface area contributed by atoms with Crippen molar-refractivity contribution >= 4 is 5.82 Å². The summed E-state index contributed by atoms with van der Waals surface area (Å²) >= 11 is 0. The highest BCUT2D eigenvalue weighted by molar-refractivity contribution is 5.38. The van der Waals surface area contributed by atoms with Crippen molar-refractivity contribution in [3.8, 4) is 5.88 Å². The van der Waals surface area contributed by atoms with E-state index in [1.807, 2.05) is 13.1 Å². The molecule has 0 aromatic carbocycles. The summed E-state index contributed by atoms with van der Waals surface area (Å²) in [6.45, 7) is 8.39. The number of aromatic nitrogens is 2. The second kappa shape index (κ2) is 6.60. The van der Waals surface area contributed by atoms with Gasteiger partial charge in [-0.25, -0.2) is 0 Å². The molecular weight excluding hydrogens is 264 g/mol. The molecule has 2 aliphatic heterocycles. The van der Waals surface area contributed by atoms with Gasteiger partial charge in [-0.1, -0.05) is 0 Å². The van der Waals surface area contributed by atoms with E-state index in [4.69, 9.17) is 4.74 Å². The second-order valence-electron chi connectivity index (χ2n) is 6.10. The molecule has 0 bridgehead atoms. The van der Waals surface area contributed by atoms with Crippen LogP contribution >= 0.6 is 0 Å². The lowest BCUT2D eigenvalue weighted by Gasteiger charge is -2.39. The van der Waals surface area contributed by atoms with Crippen molar-refractivity contribution in [3.05, 3.63) is 12.4 Å². The maximum Gasteiger partial charge on any atom is 0.234 e. The molecule has 0 aliphatic carbocycles. The molecular formula is C16H26N4O. The third-order valence-corrected chi connectivity index (χ3v) is 4.75. The average Bonchev–Trinajstić information content (AvgIpc) is 2.94. The molecule has 116 valence electrons. The first-order valence-electron chi connectivity index (χ1n) is 8.23. The summed E-state index contributed by atoms with van der Waals surface area (Å²) < 4.78 is 5.45. The van der Waals surface area contributed by atoms with Gasteiger partial charge in [0.25, 0.3) is 0 Å². The molecule has 0 saturated carbocycles. The smallest absolute Gasteiger partial charge is 0.234 e. The van der Waals surface area contributed by atoms with Crippen LogP contribution in [0.1, 0.15) is 39.5 Å². The first-order chi connectivity index (χ1) is 10.3. The first-order valence-corrected chi connectivity index (χ1v) is 8.23. The highest BCUT2D eigenvalue weighted by Gasteiger charge is 2.30. The molecule has 5 nitrogen and oxygen atoms in total. The molecule has 1 aromatic heterocycles. The lowest BCUT2D eigenvalue weighted by molar-refractivity contribution is 0.163. The lowest BCUT2D eigenvalue weighted by Crippen LogP contribution is -2.46. The van der Waals surface area contributed by atoms with Crippen molar-refractivity contribution in [2.75, 3.05) is 31.1 Å². The highest BCUT2D eigenvalue weighted by atomic mass is 16.5. The Kier molecular flexibility index (Phi) is 4.58. The fraction of sp³-hybridized carbons (Fsp3) is 0.750. The van der Waals surface area contributed by atoms with E-state index in [9.17, 15) is 0 Å². The maximum absolute atomic E-state index is 5.45. The van der Waals surface area contributed by atoms with Gasteiger partial charge in [0.2, 0.25) is 5.88 Å². The molecule has 0 radical (unpaired) electrons. The standard InChI is InChI=1S/C16H26N4O/c1-3-21-16-12-17-11-15(18-16)19-9-6-14(7-10-19)20-8-4-5-13(20)2/h11-14H,3-10H2,1-2H3. The topological polar surface area (TPSA) is 41.5 Å². The van der Waals surface area contributed by atoms with Crippen molar-refractivity contribution in [3.63, 3.8) is 0 Å². The molecule has 1 aromatic rings. The number of hydrogen-bond donors (Lipinski definition) is 0. The second-order valence-corrected chi connectivity index (χ2v) is 6.10. The summed E-state index contributed by atoms with van der Waals surface area (Å²) in [7, 11) is 0. The van der Waals surface area contributed by atoms with Crippen LogP contribution in [-0.2, 0) is 0 Å². The van der Waals surface area contributed by atoms with Gasteiger partial charge in [-0.3, -0.25) is 9.88 Å². The third-order valence-electron chi connectivity index (χ3n) is 4.75. The summed E-state index contributed by atoms with van der Waals surface area (Å²) in [4.78, 5) is 13.8. The van der Waals surface area contributed by atoms with Gasteiger partial charge in [0, 0.05) is 25.2 Å². The summed E-state index contributed by atoms with van der Waals surface area (Å²) in [5, 5.41) is 0. The number of anilines is 1. The van der Waals surface area contributed by atoms with Crippen LogP contribution in [-0.4, -0.2) is 53.2 Å². The quantitative estimate of drug-likeness (QED) is 0.851. The van der Waals surface area contributed by atoms with Crippen molar-refractivity contribution in [2.24, 2.45) is 0 Å². The van der Waals surface area contributed by atoms with Gasteiger partial charge in [0.1, 0.15) is 0 Å². The predicted octanol–water partition coefficient (Wildman–Crippen LogP) is 2.33. The van der Waals surface area contributed by atoms with Crippen LogP contribution in [0.25, 0.3) is 0 Å². The highest BCUT2D eigenvalue weighted by Crippen LogP contribution is 2.27. The molecule has 0 spiro atoms. The summed E-state index contributed by atoms with van der Waals surface area (Å²) in [6, 6.07) is 1.52. The monoisotopic (exact) mass is 290 g/mol. The Balaban J connectivity index is 1.59. The maximum atomic E-state index is 5.45. The van der Waals surface area contributed by atoms with Crippen LogP contribution in [0.15, 0.2) is 12.4 Å². The number of piperidine rings is 1. The fourth-order valence-corrected chi connectivity index (χ4v) is 3.63. The van der Waals surface area contributed by atoms with Crippen LogP contribution in [0.3, 0.4) is 0 Å². The Morgan fingerprint density at radius 1 is 1.19 bits per heavy atom. The largest absolute Gasteiger partial charge is 0.477 e. The molecule has 1 unspecified atom stereocenters. The van der Waals surface area contributed by atoms with Crippen LogP contribution in [0, 0.1) is 0 Å². The summed E-state index contributed by atoms with van der Waals surface area (Å²) in [5.74, 6) is 1.58. The number of nitrogens with zero attached hydrogens (tertiary/aromatic N) is 4. The molecule has 21 heavy (non-hydrogen) atoms. The van der Waals surface area contributed by atoms with Crippen molar-refractivity contribution < 1.29 is 4.74 Å². The molecule has 5 heteroatoms. The van der Waals surface area contributed by atoms with Gasteiger partial charge in [0.05, 0.1) is 19.0 Å². The number of ether oxygens (including phenoxy) is 1. The Hall–Kier alpha value is -1.36. The minimum absolute atomic E-state index is 0.630. The van der Waals surface area contributed by atoms with E-state index >= 15 is 0 Å². The van der Waals surface area contributed by atoms with Gasteiger partial charge < -0.3 is 9.64 Å². The zero-order chi connectivity index (χ0) is 14.7. The molecule has 3 heterocycles. The Bertz CT molecular complexity index is 459. The first kappa shape index (κ1) is 14.6. The van der Waals surface area contributed by atoms with Gasteiger partial charge in [-0.05, 0) is 46.1 Å². The molecule has 2 fully saturated rings. The molecule has 1 atom stereocenters. The van der Waals surface area contributed by atoms with E-state index < -0.39 is 0 Å².